The summed E-state index contributed by atoms with van der Waals surface area (Å²) in [5.74, 6) is 28.5. The van der Waals surface area contributed by atoms with E-state index < -0.39 is 0 Å². The minimum Gasteiger partial charge on any atom is -0.0499 e. The van der Waals surface area contributed by atoms with E-state index in [1.165, 1.54) is 142 Å². The van der Waals surface area contributed by atoms with Gasteiger partial charge in [-0.3, -0.25) is 0 Å². The third-order valence-corrected chi connectivity index (χ3v) is 19.2. The standard InChI is InChI=1S/C48H72/c1-2-25(1)37(26-3-4-26)43(38(27-5-6-27)28-7-8-28)46-47(44(39(29-9-10-29)30-11-12-30)40(31-13-14-31)32-15-16-32)48(46)45(41(33-17-18-33)34-19-20-34)42(35-21-22-35)36-23-24-36/h25-48H,1-24H2. The summed E-state index contributed by atoms with van der Waals surface area (Å²) in [5.41, 5.74) is 0. The van der Waals surface area contributed by atoms with Crippen LogP contribution in [0.2, 0.25) is 0 Å². The summed E-state index contributed by atoms with van der Waals surface area (Å²) >= 11 is 0. The Morgan fingerprint density at radius 3 is 0.354 bits per heavy atom. The van der Waals surface area contributed by atoms with Crippen LogP contribution in [0.1, 0.15) is 154 Å². The molecule has 0 nitrogen and oxygen atoms in total. The van der Waals surface area contributed by atoms with Crippen LogP contribution < -0.4 is 0 Å². The first kappa shape index (κ1) is 29.5. The Morgan fingerprint density at radius 2 is 0.271 bits per heavy atom. The molecule has 0 aromatic heterocycles. The van der Waals surface area contributed by atoms with Crippen LogP contribution >= 0.6 is 0 Å². The second-order valence-corrected chi connectivity index (χ2v) is 23.0. The Labute approximate surface area is 295 Å². The van der Waals surface area contributed by atoms with Crippen molar-refractivity contribution in [3.8, 4) is 0 Å². The van der Waals surface area contributed by atoms with E-state index >= 15 is 0 Å². The van der Waals surface area contributed by atoms with E-state index in [9.17, 15) is 0 Å². The molecule has 0 amide bonds. The van der Waals surface area contributed by atoms with Gasteiger partial charge in [0, 0.05) is 0 Å². The monoisotopic (exact) mass is 649 g/mol. The van der Waals surface area contributed by atoms with E-state index in [4.69, 9.17) is 0 Å². The van der Waals surface area contributed by atoms with Gasteiger partial charge in [-0.25, -0.2) is 0 Å². The fourth-order valence-corrected chi connectivity index (χ4v) is 16.1. The smallest absolute Gasteiger partial charge is 0.0312 e. The van der Waals surface area contributed by atoms with Crippen LogP contribution in [0.5, 0.6) is 0 Å². The summed E-state index contributed by atoms with van der Waals surface area (Å²) in [7, 11) is 0. The van der Waals surface area contributed by atoms with E-state index in [1.54, 1.807) is 154 Å². The van der Waals surface area contributed by atoms with Gasteiger partial charge in [-0.15, -0.1) is 0 Å². The minimum atomic E-state index is 1.18. The van der Waals surface area contributed by atoms with Crippen molar-refractivity contribution in [1.29, 1.82) is 0 Å². The van der Waals surface area contributed by atoms with E-state index in [-0.39, 0.29) is 0 Å². The Kier molecular flexibility index (Phi) is 6.62. The fourth-order valence-electron chi connectivity index (χ4n) is 16.1. The average Bonchev–Trinajstić information content (AvgIpc) is 3.93. The van der Waals surface area contributed by atoms with Crippen molar-refractivity contribution >= 4 is 0 Å². The van der Waals surface area contributed by atoms with Crippen LogP contribution in [0.25, 0.3) is 0 Å². The third-order valence-electron chi connectivity index (χ3n) is 19.2. The van der Waals surface area contributed by atoms with Gasteiger partial charge >= 0.3 is 0 Å². The maximum atomic E-state index is 1.65. The molecular weight excluding hydrogens is 577 g/mol. The number of hydrogen-bond donors (Lipinski definition) is 0. The molecule has 13 saturated carbocycles. The Hall–Kier alpha value is 0. The molecule has 13 aliphatic carbocycles. The molecule has 0 aliphatic heterocycles. The molecular formula is C48H72. The van der Waals surface area contributed by atoms with Crippen molar-refractivity contribution in [3.63, 3.8) is 0 Å². The van der Waals surface area contributed by atoms with Gasteiger partial charge < -0.3 is 0 Å². The Balaban J connectivity index is 0.976. The molecule has 0 N–H and O–H groups in total. The van der Waals surface area contributed by atoms with Crippen molar-refractivity contribution in [3.05, 3.63) is 0 Å². The average molecular weight is 649 g/mol. The molecule has 48 heavy (non-hydrogen) atoms. The molecule has 13 fully saturated rings. The normalized spacial score (nSPS) is 37.3. The zero-order valence-electron chi connectivity index (χ0n) is 30.8. The lowest BCUT2D eigenvalue weighted by Crippen LogP contribution is -2.35. The van der Waals surface area contributed by atoms with Gasteiger partial charge in [0.25, 0.3) is 0 Å². The summed E-state index contributed by atoms with van der Waals surface area (Å²) in [6.45, 7) is 0. The van der Waals surface area contributed by atoms with Gasteiger partial charge in [0.05, 0.1) is 0 Å². The third kappa shape index (κ3) is 5.51. The van der Waals surface area contributed by atoms with Crippen molar-refractivity contribution in [2.24, 2.45) is 142 Å². The van der Waals surface area contributed by atoms with Crippen LogP contribution in [0.4, 0.5) is 0 Å². The maximum Gasteiger partial charge on any atom is -0.0312 e. The maximum absolute atomic E-state index is 1.65. The summed E-state index contributed by atoms with van der Waals surface area (Å²) in [6.07, 6.45) is 39.5. The molecule has 0 radical (unpaired) electrons. The molecule has 264 valence electrons. The zero-order chi connectivity index (χ0) is 30.8. The number of rotatable bonds is 21. The summed E-state index contributed by atoms with van der Waals surface area (Å²) < 4.78 is 0. The van der Waals surface area contributed by atoms with Crippen molar-refractivity contribution in [1.82, 2.24) is 0 Å². The quantitative estimate of drug-likeness (QED) is 0.116. The highest BCUT2D eigenvalue weighted by molar-refractivity contribution is 5.20. The highest BCUT2D eigenvalue weighted by atomic mass is 14.8. The lowest BCUT2D eigenvalue weighted by molar-refractivity contribution is 0.0755. The van der Waals surface area contributed by atoms with Gasteiger partial charge in [0.2, 0.25) is 0 Å². The lowest BCUT2D eigenvalue weighted by Gasteiger charge is -2.39. The van der Waals surface area contributed by atoms with E-state index in [0.29, 0.717) is 0 Å². The van der Waals surface area contributed by atoms with Gasteiger partial charge in [-0.2, -0.15) is 0 Å². The molecule has 13 rings (SSSR count). The minimum absolute atomic E-state index is 1.18. The van der Waals surface area contributed by atoms with E-state index in [0.717, 1.165) is 0 Å². The molecule has 0 heterocycles. The predicted molar refractivity (Wildman–Crippen MR) is 195 cm³/mol. The number of hydrogen-bond acceptors (Lipinski definition) is 0. The molecule has 0 spiro atoms. The summed E-state index contributed by atoms with van der Waals surface area (Å²) in [6, 6.07) is 0. The summed E-state index contributed by atoms with van der Waals surface area (Å²) in [5, 5.41) is 0. The fraction of sp³-hybridized carbons (Fsp3) is 1.00. The van der Waals surface area contributed by atoms with Crippen LogP contribution in [0.3, 0.4) is 0 Å². The molecule has 13 aliphatic rings. The SMILES string of the molecule is C1CC1C(C1CC1)C(C(C1CC1)C1CC1)C1C(C(C(C2CC2)C2CC2)C(C2CC2)C2CC2)C1C(C(C1CC1)C1CC1)C(C1CC1)C1CC1. The highest BCUT2D eigenvalue weighted by Crippen LogP contribution is 2.78. The summed E-state index contributed by atoms with van der Waals surface area (Å²) in [4.78, 5) is 0. The molecule has 0 aromatic rings. The molecule has 0 aromatic carbocycles. The Morgan fingerprint density at radius 1 is 0.167 bits per heavy atom. The first-order valence-electron chi connectivity index (χ1n) is 23.8. The molecule has 0 bridgehead atoms. The molecule has 0 saturated heterocycles. The largest absolute Gasteiger partial charge is 0.0499 e. The second-order valence-electron chi connectivity index (χ2n) is 23.0. The highest BCUT2D eigenvalue weighted by Gasteiger charge is 2.73. The van der Waals surface area contributed by atoms with Gasteiger partial charge in [-0.05, 0) is 296 Å². The molecule has 0 atom stereocenters. The van der Waals surface area contributed by atoms with Crippen LogP contribution in [-0.2, 0) is 0 Å². The Bertz CT molecular complexity index is 902. The van der Waals surface area contributed by atoms with Gasteiger partial charge in [0.15, 0.2) is 0 Å². The van der Waals surface area contributed by atoms with E-state index in [2.05, 4.69) is 0 Å². The lowest BCUT2D eigenvalue weighted by atomic mass is 9.65. The predicted octanol–water partition coefficient (Wildman–Crippen LogP) is 12.3. The van der Waals surface area contributed by atoms with Gasteiger partial charge in [-0.1, -0.05) is 0 Å². The molecule has 0 heteroatoms. The van der Waals surface area contributed by atoms with E-state index in [1.807, 2.05) is 0 Å². The topological polar surface area (TPSA) is 0 Å². The van der Waals surface area contributed by atoms with Crippen LogP contribution in [0, 0.1) is 142 Å². The first-order chi connectivity index (χ1) is 23.8. The van der Waals surface area contributed by atoms with Crippen LogP contribution in [-0.4, -0.2) is 0 Å². The van der Waals surface area contributed by atoms with Gasteiger partial charge in [0.1, 0.15) is 0 Å². The van der Waals surface area contributed by atoms with Crippen LogP contribution in [0.15, 0.2) is 0 Å². The zero-order valence-corrected chi connectivity index (χ0v) is 30.8. The second kappa shape index (κ2) is 10.8. The molecule has 0 unspecified atom stereocenters. The van der Waals surface area contributed by atoms with Crippen molar-refractivity contribution < 1.29 is 0 Å². The van der Waals surface area contributed by atoms with Crippen molar-refractivity contribution in [2.45, 2.75) is 154 Å². The first-order valence-corrected chi connectivity index (χ1v) is 23.8. The van der Waals surface area contributed by atoms with Crippen molar-refractivity contribution in [2.75, 3.05) is 0 Å².